The van der Waals surface area contributed by atoms with Crippen LogP contribution in [0.1, 0.15) is 18.3 Å². The van der Waals surface area contributed by atoms with E-state index in [2.05, 4.69) is 15.5 Å². The number of rotatable bonds is 6. The molecule has 2 heterocycles. The molecule has 3 rings (SSSR count). The summed E-state index contributed by atoms with van der Waals surface area (Å²) in [4.78, 5) is 12.0. The predicted octanol–water partition coefficient (Wildman–Crippen LogP) is 3.30. The molecule has 0 atom stereocenters. The summed E-state index contributed by atoms with van der Waals surface area (Å²) < 4.78 is 8.11. The largest absolute Gasteiger partial charge is 0.488 e. The maximum atomic E-state index is 12.0. The van der Waals surface area contributed by atoms with Crippen molar-refractivity contribution in [2.75, 3.05) is 13.2 Å². The van der Waals surface area contributed by atoms with E-state index in [1.54, 1.807) is 12.1 Å². The van der Waals surface area contributed by atoms with Gasteiger partial charge >= 0.3 is 0 Å². The zero-order chi connectivity index (χ0) is 18.5. The van der Waals surface area contributed by atoms with Gasteiger partial charge in [-0.2, -0.15) is 5.10 Å². The van der Waals surface area contributed by atoms with E-state index in [9.17, 15) is 4.79 Å². The molecule has 0 aliphatic carbocycles. The first-order valence-corrected chi connectivity index (χ1v) is 9.08. The van der Waals surface area contributed by atoms with Crippen LogP contribution in [-0.4, -0.2) is 33.8 Å². The number of aromatic amines is 1. The van der Waals surface area contributed by atoms with Gasteiger partial charge in [-0.3, -0.25) is 9.89 Å². The average molecular weight is 391 g/mol. The van der Waals surface area contributed by atoms with E-state index in [0.29, 0.717) is 29.5 Å². The van der Waals surface area contributed by atoms with Gasteiger partial charge in [-0.1, -0.05) is 24.6 Å². The second-order valence-electron chi connectivity index (χ2n) is 5.76. The summed E-state index contributed by atoms with van der Waals surface area (Å²) in [5, 5.41) is 10.4. The van der Waals surface area contributed by atoms with Gasteiger partial charge in [0.15, 0.2) is 4.77 Å². The Morgan fingerprint density at radius 2 is 2.38 bits per heavy atom. The van der Waals surface area contributed by atoms with Crippen molar-refractivity contribution in [3.05, 3.63) is 57.1 Å². The lowest BCUT2D eigenvalue weighted by atomic mass is 10.1. The number of hydrogen-bond acceptors (Lipinski definition) is 4. The highest BCUT2D eigenvalue weighted by atomic mass is 35.5. The van der Waals surface area contributed by atoms with Crippen LogP contribution in [0.25, 0.3) is 6.08 Å². The van der Waals surface area contributed by atoms with E-state index < -0.39 is 0 Å². The third kappa shape index (κ3) is 4.42. The van der Waals surface area contributed by atoms with Crippen LogP contribution in [0, 0.1) is 4.77 Å². The van der Waals surface area contributed by atoms with Crippen molar-refractivity contribution in [2.24, 2.45) is 0 Å². The van der Waals surface area contributed by atoms with Crippen LogP contribution in [0.2, 0.25) is 5.02 Å². The number of benzene rings is 1. The lowest BCUT2D eigenvalue weighted by molar-refractivity contribution is -0.116. The van der Waals surface area contributed by atoms with Gasteiger partial charge in [0.1, 0.15) is 18.2 Å². The maximum absolute atomic E-state index is 12.0. The molecule has 0 radical (unpaired) electrons. The highest BCUT2D eigenvalue weighted by Crippen LogP contribution is 2.29. The molecule has 6 nitrogen and oxygen atoms in total. The number of nitrogens with one attached hydrogen (secondary N) is 2. The van der Waals surface area contributed by atoms with Crippen molar-refractivity contribution in [2.45, 2.75) is 19.9 Å². The van der Waals surface area contributed by atoms with E-state index in [-0.39, 0.29) is 5.91 Å². The molecule has 1 aromatic heterocycles. The first kappa shape index (κ1) is 18.4. The highest BCUT2D eigenvalue weighted by Gasteiger charge is 2.10. The Labute approximate surface area is 161 Å². The first-order chi connectivity index (χ1) is 12.6. The average Bonchev–Trinajstić information content (AvgIpc) is 2.99. The van der Waals surface area contributed by atoms with Gasteiger partial charge in [-0.25, -0.2) is 0 Å². The normalized spacial score (nSPS) is 13.2. The molecule has 136 valence electrons. The summed E-state index contributed by atoms with van der Waals surface area (Å²) in [5.74, 6) is 1.50. The fraction of sp³-hybridized carbons (Fsp3) is 0.278. The Hall–Kier alpha value is -2.38. The molecule has 2 N–H and O–H groups in total. The van der Waals surface area contributed by atoms with E-state index in [1.165, 1.54) is 6.08 Å². The van der Waals surface area contributed by atoms with Crippen LogP contribution in [-0.2, 0) is 17.8 Å². The van der Waals surface area contributed by atoms with Gasteiger partial charge in [0.05, 0.1) is 0 Å². The van der Waals surface area contributed by atoms with Crippen LogP contribution in [0.4, 0.5) is 0 Å². The second kappa shape index (κ2) is 8.33. The summed E-state index contributed by atoms with van der Waals surface area (Å²) in [6.07, 6.45) is 5.99. The Morgan fingerprint density at radius 3 is 3.19 bits per heavy atom. The minimum atomic E-state index is -0.171. The van der Waals surface area contributed by atoms with Gasteiger partial charge < -0.3 is 14.6 Å². The summed E-state index contributed by atoms with van der Waals surface area (Å²) in [7, 11) is 0. The van der Waals surface area contributed by atoms with Crippen LogP contribution in [0.15, 0.2) is 35.9 Å². The number of amides is 1. The smallest absolute Gasteiger partial charge is 0.244 e. The molecular formula is C18H19ClN4O2S. The zero-order valence-corrected chi connectivity index (χ0v) is 15.9. The summed E-state index contributed by atoms with van der Waals surface area (Å²) >= 11 is 11.2. The van der Waals surface area contributed by atoms with Crippen LogP contribution >= 0.6 is 23.8 Å². The molecule has 26 heavy (non-hydrogen) atoms. The molecule has 0 saturated carbocycles. The number of aromatic nitrogens is 3. The predicted molar refractivity (Wildman–Crippen MR) is 104 cm³/mol. The van der Waals surface area contributed by atoms with E-state index in [0.717, 1.165) is 29.1 Å². The van der Waals surface area contributed by atoms with Gasteiger partial charge in [-0.05, 0) is 42.1 Å². The molecular weight excluding hydrogens is 372 g/mol. The molecule has 1 aromatic carbocycles. The number of carbonyl (C=O) groups is 1. The number of fused-ring (bicyclic) bond motifs is 1. The van der Waals surface area contributed by atoms with Gasteiger partial charge in [0.25, 0.3) is 0 Å². The molecule has 0 bridgehead atoms. The molecule has 0 spiro atoms. The van der Waals surface area contributed by atoms with Crippen LogP contribution in [0.5, 0.6) is 5.75 Å². The third-order valence-corrected chi connectivity index (χ3v) is 4.49. The Morgan fingerprint density at radius 1 is 1.54 bits per heavy atom. The first-order valence-electron chi connectivity index (χ1n) is 8.29. The number of hydrogen-bond donors (Lipinski definition) is 2. The van der Waals surface area contributed by atoms with Gasteiger partial charge in [0.2, 0.25) is 5.91 Å². The fourth-order valence-electron chi connectivity index (χ4n) is 2.65. The van der Waals surface area contributed by atoms with E-state index in [4.69, 9.17) is 28.6 Å². The molecule has 8 heteroatoms. The molecule has 1 aliphatic rings. The van der Waals surface area contributed by atoms with Crippen molar-refractivity contribution in [1.82, 2.24) is 20.1 Å². The maximum Gasteiger partial charge on any atom is 0.244 e. The molecule has 2 aromatic rings. The number of carbonyl (C=O) groups excluding carboxylic acids is 1. The zero-order valence-electron chi connectivity index (χ0n) is 14.3. The van der Waals surface area contributed by atoms with E-state index >= 15 is 0 Å². The monoisotopic (exact) mass is 390 g/mol. The number of nitrogens with zero attached hydrogens (tertiary/aromatic N) is 2. The topological polar surface area (TPSA) is 71.9 Å². The van der Waals surface area contributed by atoms with Crippen molar-refractivity contribution in [3.63, 3.8) is 0 Å². The Balaban J connectivity index is 1.55. The number of aryl methyl sites for hydroxylation is 1. The number of ether oxygens (including phenoxy) is 1. The van der Waals surface area contributed by atoms with Crippen LogP contribution < -0.4 is 10.1 Å². The molecule has 1 aliphatic heterocycles. The SMILES string of the molecule is CCc1n[nH]c(=S)n1CCNC(=O)C=CC1=Cc2cc(Cl)ccc2OC1. The Kier molecular flexibility index (Phi) is 5.90. The minimum absolute atomic E-state index is 0.171. The number of halogens is 1. The number of H-pyrrole nitrogens is 1. The fourth-order valence-corrected chi connectivity index (χ4v) is 3.07. The molecule has 0 saturated heterocycles. The second-order valence-corrected chi connectivity index (χ2v) is 6.59. The van der Waals surface area contributed by atoms with E-state index in [1.807, 2.05) is 29.7 Å². The molecule has 0 fully saturated rings. The minimum Gasteiger partial charge on any atom is -0.488 e. The quantitative estimate of drug-likeness (QED) is 0.586. The van der Waals surface area contributed by atoms with Crippen molar-refractivity contribution in [3.8, 4) is 5.75 Å². The molecule has 0 unspecified atom stereocenters. The Bertz CT molecular complexity index is 930. The van der Waals surface area contributed by atoms with Crippen molar-refractivity contribution in [1.29, 1.82) is 0 Å². The summed E-state index contributed by atoms with van der Waals surface area (Å²) in [6.45, 7) is 3.48. The third-order valence-electron chi connectivity index (χ3n) is 3.94. The van der Waals surface area contributed by atoms with Crippen molar-refractivity contribution >= 4 is 35.8 Å². The summed E-state index contributed by atoms with van der Waals surface area (Å²) in [6, 6.07) is 5.47. The van der Waals surface area contributed by atoms with Gasteiger partial charge in [0, 0.05) is 36.2 Å². The lowest BCUT2D eigenvalue weighted by Gasteiger charge is -2.16. The van der Waals surface area contributed by atoms with Crippen molar-refractivity contribution < 1.29 is 9.53 Å². The standard InChI is InChI=1S/C18H19ClN4O2S/c1-2-16-21-22-18(26)23(16)8-7-20-17(24)6-3-12-9-13-10-14(19)4-5-15(13)25-11-12/h3-6,9-10H,2,7-8,11H2,1H3,(H,20,24)(H,22,26). The molecule has 1 amide bonds. The van der Waals surface area contributed by atoms with Gasteiger partial charge in [-0.15, -0.1) is 0 Å². The van der Waals surface area contributed by atoms with Crippen LogP contribution in [0.3, 0.4) is 0 Å². The summed E-state index contributed by atoms with van der Waals surface area (Å²) in [5.41, 5.74) is 1.81. The lowest BCUT2D eigenvalue weighted by Crippen LogP contribution is -2.26. The highest BCUT2D eigenvalue weighted by molar-refractivity contribution is 7.71.